The van der Waals surface area contributed by atoms with Gasteiger partial charge >= 0.3 is 0 Å². The Balaban J connectivity index is 0.00000576. The van der Waals surface area contributed by atoms with Gasteiger partial charge in [-0.05, 0) is 59.0 Å². The van der Waals surface area contributed by atoms with Crippen LogP contribution in [0.5, 0.6) is 0 Å². The lowest BCUT2D eigenvalue weighted by Gasteiger charge is -2.41. The molecule has 2 N–H and O–H groups in total. The third-order valence-corrected chi connectivity index (χ3v) is 4.96. The Labute approximate surface area is 172 Å². The number of nitrogens with one attached hydrogen (secondary N) is 2. The summed E-state index contributed by atoms with van der Waals surface area (Å²) in [5, 5.41) is 6.97. The quantitative estimate of drug-likeness (QED) is 0.341. The van der Waals surface area contributed by atoms with E-state index < -0.39 is 0 Å². The number of rotatable bonds is 7. The van der Waals surface area contributed by atoms with Crippen molar-refractivity contribution in [3.05, 3.63) is 0 Å². The second-order valence-corrected chi connectivity index (χ2v) is 8.57. The molecule has 1 unspecified atom stereocenters. The fourth-order valence-corrected chi connectivity index (χ4v) is 3.00. The van der Waals surface area contributed by atoms with E-state index in [9.17, 15) is 0 Å². The summed E-state index contributed by atoms with van der Waals surface area (Å²) >= 11 is 0. The first kappa shape index (κ1) is 24.9. The van der Waals surface area contributed by atoms with Gasteiger partial charge in [-0.3, -0.25) is 4.99 Å². The molecule has 1 atom stereocenters. The van der Waals surface area contributed by atoms with Crippen molar-refractivity contribution >= 4 is 29.9 Å². The van der Waals surface area contributed by atoms with Crippen molar-refractivity contribution in [2.24, 2.45) is 10.4 Å². The van der Waals surface area contributed by atoms with Gasteiger partial charge in [0, 0.05) is 31.3 Å². The van der Waals surface area contributed by atoms with E-state index >= 15 is 0 Å². The molecular formula is C19H41IN4O. The van der Waals surface area contributed by atoms with Crippen LogP contribution < -0.4 is 10.6 Å². The van der Waals surface area contributed by atoms with Gasteiger partial charge in [-0.15, -0.1) is 24.0 Å². The number of aliphatic imine (C=N–C) groups is 1. The van der Waals surface area contributed by atoms with Gasteiger partial charge in [-0.2, -0.15) is 0 Å². The van der Waals surface area contributed by atoms with Crippen LogP contribution in [0.4, 0.5) is 0 Å². The average Bonchev–Trinajstić information content (AvgIpc) is 2.51. The predicted octanol–water partition coefficient (Wildman–Crippen LogP) is 3.49. The Morgan fingerprint density at radius 3 is 2.32 bits per heavy atom. The van der Waals surface area contributed by atoms with Gasteiger partial charge in [-0.25, -0.2) is 0 Å². The van der Waals surface area contributed by atoms with Crippen LogP contribution in [0, 0.1) is 5.41 Å². The molecule has 0 aromatic rings. The maximum atomic E-state index is 5.55. The molecule has 1 fully saturated rings. The fraction of sp³-hybridized carbons (Fsp3) is 0.947. The monoisotopic (exact) mass is 468 g/mol. The van der Waals surface area contributed by atoms with Crippen LogP contribution in [0.25, 0.3) is 0 Å². The smallest absolute Gasteiger partial charge is 0.191 e. The summed E-state index contributed by atoms with van der Waals surface area (Å²) in [5.41, 5.74) is 0.498. The summed E-state index contributed by atoms with van der Waals surface area (Å²) in [5.74, 6) is 0.937. The highest BCUT2D eigenvalue weighted by Gasteiger charge is 2.34. The van der Waals surface area contributed by atoms with E-state index in [0.29, 0.717) is 11.5 Å². The highest BCUT2D eigenvalue weighted by molar-refractivity contribution is 14.0. The second kappa shape index (κ2) is 11.6. The lowest BCUT2D eigenvalue weighted by molar-refractivity contribution is -0.00255. The van der Waals surface area contributed by atoms with Crippen LogP contribution in [-0.2, 0) is 4.74 Å². The number of halogens is 1. The minimum atomic E-state index is 0. The summed E-state index contributed by atoms with van der Waals surface area (Å²) in [6, 6.07) is 0.423. The van der Waals surface area contributed by atoms with Gasteiger partial charge < -0.3 is 20.3 Å². The molecule has 0 radical (unpaired) electrons. The first-order valence-electron chi connectivity index (χ1n) is 9.48. The zero-order valence-corrected chi connectivity index (χ0v) is 19.8. The molecule has 0 spiro atoms. The number of ether oxygens (including phenoxy) is 1. The Kier molecular flexibility index (Phi) is 11.6. The molecule has 0 saturated carbocycles. The van der Waals surface area contributed by atoms with Crippen molar-refractivity contribution in [1.82, 2.24) is 15.5 Å². The zero-order chi connectivity index (χ0) is 18.2. The first-order valence-corrected chi connectivity index (χ1v) is 9.48. The molecule has 25 heavy (non-hydrogen) atoms. The number of likely N-dealkylation sites (N-methyl/N-ethyl adjacent to an activating group) is 1. The fourth-order valence-electron chi connectivity index (χ4n) is 3.00. The van der Waals surface area contributed by atoms with E-state index in [1.54, 1.807) is 0 Å². The Morgan fingerprint density at radius 2 is 1.84 bits per heavy atom. The second-order valence-electron chi connectivity index (χ2n) is 8.57. The van der Waals surface area contributed by atoms with Crippen molar-refractivity contribution in [1.29, 1.82) is 0 Å². The van der Waals surface area contributed by atoms with E-state index in [1.165, 1.54) is 6.42 Å². The number of guanidine groups is 1. The van der Waals surface area contributed by atoms with E-state index in [0.717, 1.165) is 51.5 Å². The molecule has 0 bridgehead atoms. The molecule has 1 saturated heterocycles. The highest BCUT2D eigenvalue weighted by Crippen LogP contribution is 2.26. The van der Waals surface area contributed by atoms with Gasteiger partial charge in [0.1, 0.15) is 0 Å². The van der Waals surface area contributed by atoms with Gasteiger partial charge in [0.25, 0.3) is 0 Å². The van der Waals surface area contributed by atoms with Crippen molar-refractivity contribution in [3.63, 3.8) is 0 Å². The normalized spacial score (nSPS) is 19.3. The minimum absolute atomic E-state index is 0. The van der Waals surface area contributed by atoms with Crippen LogP contribution >= 0.6 is 24.0 Å². The number of nitrogens with zero attached hydrogens (tertiary/aromatic N) is 2. The summed E-state index contributed by atoms with van der Waals surface area (Å²) in [4.78, 5) is 7.24. The minimum Gasteiger partial charge on any atom is -0.381 e. The largest absolute Gasteiger partial charge is 0.381 e. The summed E-state index contributed by atoms with van der Waals surface area (Å²) in [7, 11) is 4.32. The van der Waals surface area contributed by atoms with Crippen LogP contribution in [0.1, 0.15) is 60.3 Å². The molecule has 5 nitrogen and oxygen atoms in total. The lowest BCUT2D eigenvalue weighted by atomic mass is 9.89. The third-order valence-electron chi connectivity index (χ3n) is 4.96. The topological polar surface area (TPSA) is 48.9 Å². The number of hydrogen-bond acceptors (Lipinski definition) is 3. The molecule has 1 aliphatic rings. The maximum Gasteiger partial charge on any atom is 0.191 e. The number of hydrogen-bond donors (Lipinski definition) is 2. The van der Waals surface area contributed by atoms with Crippen LogP contribution in [0.2, 0.25) is 0 Å². The molecule has 0 aliphatic carbocycles. The summed E-state index contributed by atoms with van der Waals surface area (Å²) < 4.78 is 5.55. The first-order chi connectivity index (χ1) is 11.2. The zero-order valence-electron chi connectivity index (χ0n) is 17.4. The van der Waals surface area contributed by atoms with Crippen molar-refractivity contribution in [3.8, 4) is 0 Å². The SMILES string of the molecule is CCNC(=NCC1(N(C)C)CCOCC1)NC(C)CCC(C)(C)C.I. The van der Waals surface area contributed by atoms with Crippen LogP contribution in [-0.4, -0.2) is 62.8 Å². The molecule has 1 aliphatic heterocycles. The van der Waals surface area contributed by atoms with Crippen LogP contribution in [0.15, 0.2) is 4.99 Å². The molecule has 1 rings (SSSR count). The van der Waals surface area contributed by atoms with Crippen molar-refractivity contribution < 1.29 is 4.74 Å². The predicted molar refractivity (Wildman–Crippen MR) is 119 cm³/mol. The van der Waals surface area contributed by atoms with Crippen LogP contribution in [0.3, 0.4) is 0 Å². The van der Waals surface area contributed by atoms with Gasteiger partial charge in [0.15, 0.2) is 5.96 Å². The van der Waals surface area contributed by atoms with Gasteiger partial charge in [-0.1, -0.05) is 20.8 Å². The summed E-state index contributed by atoms with van der Waals surface area (Å²) in [6.07, 6.45) is 4.45. The molecule has 6 heteroatoms. The van der Waals surface area contributed by atoms with E-state index in [2.05, 4.69) is 64.2 Å². The molecule has 0 aromatic carbocycles. The van der Waals surface area contributed by atoms with Gasteiger partial charge in [0.05, 0.1) is 6.54 Å². The molecule has 150 valence electrons. The van der Waals surface area contributed by atoms with Crippen molar-refractivity contribution in [2.75, 3.05) is 40.4 Å². The molecular weight excluding hydrogens is 427 g/mol. The highest BCUT2D eigenvalue weighted by atomic mass is 127. The standard InChI is InChI=1S/C19H40N4O.HI/c1-8-20-17(22-16(2)9-10-18(3,4)5)21-15-19(23(6)7)11-13-24-14-12-19;/h16H,8-15H2,1-7H3,(H2,20,21,22);1H. The van der Waals surface area contributed by atoms with Crippen molar-refractivity contribution in [2.45, 2.75) is 71.9 Å². The molecule has 0 aromatic heterocycles. The lowest BCUT2D eigenvalue weighted by Crippen LogP contribution is -2.52. The Hall–Kier alpha value is -0.0800. The average molecular weight is 468 g/mol. The maximum absolute atomic E-state index is 5.55. The van der Waals surface area contributed by atoms with E-state index in [4.69, 9.17) is 9.73 Å². The Morgan fingerprint density at radius 1 is 1.24 bits per heavy atom. The molecule has 1 heterocycles. The summed E-state index contributed by atoms with van der Waals surface area (Å²) in [6.45, 7) is 14.6. The third kappa shape index (κ3) is 9.43. The Bertz CT molecular complexity index is 387. The van der Waals surface area contributed by atoms with E-state index in [1.807, 2.05) is 0 Å². The molecule has 0 amide bonds. The van der Waals surface area contributed by atoms with Gasteiger partial charge in [0.2, 0.25) is 0 Å². The van der Waals surface area contributed by atoms with E-state index in [-0.39, 0.29) is 29.5 Å².